The molecular formula is C32H31F3N2O4. The summed E-state index contributed by atoms with van der Waals surface area (Å²) in [6, 6.07) is 16.3. The van der Waals surface area contributed by atoms with Crippen LogP contribution in [0.5, 0.6) is 11.5 Å². The Balaban J connectivity index is 1.33. The number of halogens is 3. The van der Waals surface area contributed by atoms with E-state index in [2.05, 4.69) is 4.98 Å². The molecule has 1 fully saturated rings. The zero-order valence-electron chi connectivity index (χ0n) is 23.1. The van der Waals surface area contributed by atoms with Crippen molar-refractivity contribution < 1.29 is 32.2 Å². The summed E-state index contributed by atoms with van der Waals surface area (Å²) in [7, 11) is 0. The molecule has 5 rings (SSSR count). The second-order valence-electron chi connectivity index (χ2n) is 10.5. The van der Waals surface area contributed by atoms with Gasteiger partial charge in [0.2, 0.25) is 0 Å². The highest BCUT2D eigenvalue weighted by molar-refractivity contribution is 5.90. The van der Waals surface area contributed by atoms with E-state index in [-0.39, 0.29) is 6.61 Å². The fraction of sp³-hybridized carbons (Fsp3) is 0.344. The van der Waals surface area contributed by atoms with E-state index in [0.29, 0.717) is 41.8 Å². The summed E-state index contributed by atoms with van der Waals surface area (Å²) in [6.07, 6.45) is -0.0698. The second kappa shape index (κ2) is 11.4. The van der Waals surface area contributed by atoms with Crippen LogP contribution in [0.1, 0.15) is 56.4 Å². The van der Waals surface area contributed by atoms with Crippen LogP contribution in [0.4, 0.5) is 13.2 Å². The minimum Gasteiger partial charge on any atom is -0.493 e. The molecule has 1 aromatic heterocycles. The van der Waals surface area contributed by atoms with Crippen molar-refractivity contribution in [2.75, 3.05) is 13.2 Å². The average Bonchev–Trinajstić information content (AvgIpc) is 3.78. The summed E-state index contributed by atoms with van der Waals surface area (Å²) < 4.78 is 56.3. The molecule has 0 aliphatic heterocycles. The van der Waals surface area contributed by atoms with Crippen molar-refractivity contribution in [3.8, 4) is 22.9 Å². The van der Waals surface area contributed by atoms with Gasteiger partial charge in [0.15, 0.2) is 11.4 Å². The van der Waals surface area contributed by atoms with E-state index in [1.165, 1.54) is 12.1 Å². The van der Waals surface area contributed by atoms with Crippen LogP contribution in [0.15, 0.2) is 66.9 Å². The molecule has 1 aliphatic carbocycles. The Morgan fingerprint density at radius 3 is 2.44 bits per heavy atom. The highest BCUT2D eigenvalue weighted by Gasteiger charge is 2.33. The molecule has 1 saturated carbocycles. The van der Waals surface area contributed by atoms with Crippen molar-refractivity contribution in [3.05, 3.63) is 83.7 Å². The van der Waals surface area contributed by atoms with Crippen LogP contribution in [-0.2, 0) is 22.1 Å². The van der Waals surface area contributed by atoms with E-state index in [9.17, 15) is 18.0 Å². The number of ether oxygens (including phenoxy) is 3. The Morgan fingerprint density at radius 1 is 1.02 bits per heavy atom. The van der Waals surface area contributed by atoms with Gasteiger partial charge in [-0.1, -0.05) is 36.4 Å². The number of hydrogen-bond donors (Lipinski definition) is 0. The lowest BCUT2D eigenvalue weighted by atomic mass is 10.1. The standard InChI is InChI=1S/C32H31F3N2O4/c1-4-39-30(38)31(2,3)41-27-18-25(17-22-7-5-6-8-26(22)27)40-16-15-23-19-36-29(37-28(23)20-9-10-20)21-11-13-24(14-12-21)32(33,34)35/h5-8,11-14,17-20H,4,9-10,15-16H2,1-3H3. The molecule has 0 spiro atoms. The molecule has 3 aromatic carbocycles. The molecule has 4 aromatic rings. The maximum Gasteiger partial charge on any atom is 0.416 e. The lowest BCUT2D eigenvalue weighted by Gasteiger charge is -2.25. The van der Waals surface area contributed by atoms with Crippen LogP contribution in [0.25, 0.3) is 22.2 Å². The maximum atomic E-state index is 13.0. The van der Waals surface area contributed by atoms with Gasteiger partial charge in [0.25, 0.3) is 0 Å². The topological polar surface area (TPSA) is 70.5 Å². The molecule has 9 heteroatoms. The minimum atomic E-state index is -4.39. The Bertz CT molecular complexity index is 1550. The Labute approximate surface area is 236 Å². The number of esters is 1. The van der Waals surface area contributed by atoms with Crippen molar-refractivity contribution in [1.29, 1.82) is 0 Å². The van der Waals surface area contributed by atoms with Gasteiger partial charge in [0.05, 0.1) is 24.5 Å². The van der Waals surface area contributed by atoms with Crippen LogP contribution < -0.4 is 9.47 Å². The van der Waals surface area contributed by atoms with Gasteiger partial charge in [-0.05, 0) is 62.8 Å². The summed E-state index contributed by atoms with van der Waals surface area (Å²) in [4.78, 5) is 21.6. The van der Waals surface area contributed by atoms with Gasteiger partial charge in [0.1, 0.15) is 11.5 Å². The van der Waals surface area contributed by atoms with Crippen molar-refractivity contribution in [1.82, 2.24) is 9.97 Å². The van der Waals surface area contributed by atoms with E-state index in [4.69, 9.17) is 19.2 Å². The fourth-order valence-corrected chi connectivity index (χ4v) is 4.59. The molecule has 6 nitrogen and oxygen atoms in total. The zero-order chi connectivity index (χ0) is 29.2. The van der Waals surface area contributed by atoms with E-state index < -0.39 is 23.3 Å². The summed E-state index contributed by atoms with van der Waals surface area (Å²) in [6.45, 7) is 5.69. The number of nitrogens with zero attached hydrogens (tertiary/aromatic N) is 2. The predicted molar refractivity (Wildman–Crippen MR) is 149 cm³/mol. The molecule has 0 radical (unpaired) electrons. The van der Waals surface area contributed by atoms with E-state index >= 15 is 0 Å². The van der Waals surface area contributed by atoms with Crippen LogP contribution in [0, 0.1) is 0 Å². The number of hydrogen-bond acceptors (Lipinski definition) is 6. The quantitative estimate of drug-likeness (QED) is 0.185. The highest BCUT2D eigenvalue weighted by Crippen LogP contribution is 2.41. The molecule has 0 atom stereocenters. The third kappa shape index (κ3) is 6.61. The number of carbonyl (C=O) groups is 1. The third-order valence-electron chi connectivity index (χ3n) is 6.90. The molecule has 41 heavy (non-hydrogen) atoms. The summed E-state index contributed by atoms with van der Waals surface area (Å²) >= 11 is 0. The zero-order valence-corrected chi connectivity index (χ0v) is 23.1. The molecule has 0 amide bonds. The lowest BCUT2D eigenvalue weighted by Crippen LogP contribution is -2.39. The van der Waals surface area contributed by atoms with Gasteiger partial charge in [-0.25, -0.2) is 14.8 Å². The minimum absolute atomic E-state index is 0.257. The lowest BCUT2D eigenvalue weighted by molar-refractivity contribution is -0.158. The van der Waals surface area contributed by atoms with Crippen molar-refractivity contribution >= 4 is 16.7 Å². The monoisotopic (exact) mass is 564 g/mol. The molecule has 0 bridgehead atoms. The number of benzene rings is 3. The number of rotatable bonds is 10. The third-order valence-corrected chi connectivity index (χ3v) is 6.90. The molecule has 0 saturated heterocycles. The molecule has 214 valence electrons. The molecule has 1 aliphatic rings. The van der Waals surface area contributed by atoms with Crippen molar-refractivity contribution in [2.45, 2.75) is 57.7 Å². The average molecular weight is 565 g/mol. The summed E-state index contributed by atoms with van der Waals surface area (Å²) in [5.41, 5.74) is 0.505. The van der Waals surface area contributed by atoms with Crippen LogP contribution >= 0.6 is 0 Å². The van der Waals surface area contributed by atoms with E-state index in [1.54, 1.807) is 33.0 Å². The van der Waals surface area contributed by atoms with Crippen LogP contribution in [-0.4, -0.2) is 34.8 Å². The maximum absolute atomic E-state index is 13.0. The Morgan fingerprint density at radius 2 is 1.76 bits per heavy atom. The van der Waals surface area contributed by atoms with Gasteiger partial charge < -0.3 is 14.2 Å². The first-order chi connectivity index (χ1) is 19.5. The number of alkyl halides is 3. The van der Waals surface area contributed by atoms with Gasteiger partial charge in [-0.15, -0.1) is 0 Å². The van der Waals surface area contributed by atoms with Gasteiger partial charge >= 0.3 is 12.1 Å². The van der Waals surface area contributed by atoms with E-state index in [1.807, 2.05) is 30.3 Å². The van der Waals surface area contributed by atoms with Crippen LogP contribution in [0.2, 0.25) is 0 Å². The summed E-state index contributed by atoms with van der Waals surface area (Å²) in [5, 5.41) is 1.75. The first-order valence-electron chi connectivity index (χ1n) is 13.6. The predicted octanol–water partition coefficient (Wildman–Crippen LogP) is 7.54. The van der Waals surface area contributed by atoms with Gasteiger partial charge in [0, 0.05) is 35.6 Å². The number of fused-ring (bicyclic) bond motifs is 1. The first kappa shape index (κ1) is 28.4. The fourth-order valence-electron chi connectivity index (χ4n) is 4.59. The summed E-state index contributed by atoms with van der Waals surface area (Å²) in [5.74, 6) is 1.37. The smallest absolute Gasteiger partial charge is 0.416 e. The molecule has 0 N–H and O–H groups in total. The largest absolute Gasteiger partial charge is 0.493 e. The normalized spacial score (nSPS) is 13.7. The SMILES string of the molecule is CCOC(=O)C(C)(C)Oc1cc(OCCc2cnc(-c3ccc(C(F)(F)F)cc3)nc2C2CC2)cc2ccccc12. The van der Waals surface area contributed by atoms with Crippen molar-refractivity contribution in [2.24, 2.45) is 0 Å². The van der Waals surface area contributed by atoms with E-state index in [0.717, 1.165) is 47.0 Å². The Hall–Kier alpha value is -4.14. The van der Waals surface area contributed by atoms with Crippen LogP contribution in [0.3, 0.4) is 0 Å². The molecular weight excluding hydrogens is 533 g/mol. The number of carbonyl (C=O) groups excluding carboxylic acids is 1. The van der Waals surface area contributed by atoms with Gasteiger partial charge in [-0.3, -0.25) is 0 Å². The number of aromatic nitrogens is 2. The van der Waals surface area contributed by atoms with Gasteiger partial charge in [-0.2, -0.15) is 13.2 Å². The first-order valence-corrected chi connectivity index (χ1v) is 13.6. The second-order valence-corrected chi connectivity index (χ2v) is 10.5. The molecule has 1 heterocycles. The molecule has 0 unspecified atom stereocenters. The highest BCUT2D eigenvalue weighted by atomic mass is 19.4. The van der Waals surface area contributed by atoms with Crippen molar-refractivity contribution in [3.63, 3.8) is 0 Å². The Kier molecular flexibility index (Phi) is 7.89.